The molecular weight excluding hydrogens is 294 g/mol. The molecule has 0 aliphatic carbocycles. The third-order valence-electron chi connectivity index (χ3n) is 2.51. The Labute approximate surface area is 117 Å². The van der Waals surface area contributed by atoms with Gasteiger partial charge in [0.05, 0.1) is 4.34 Å². The van der Waals surface area contributed by atoms with Gasteiger partial charge in [-0.05, 0) is 38.8 Å². The highest BCUT2D eigenvalue weighted by Gasteiger charge is 2.28. The lowest BCUT2D eigenvalue weighted by Crippen LogP contribution is -2.37. The van der Waals surface area contributed by atoms with Crippen molar-refractivity contribution in [2.75, 3.05) is 13.2 Å². The van der Waals surface area contributed by atoms with Gasteiger partial charge >= 0.3 is 0 Å². The second-order valence-electron chi connectivity index (χ2n) is 4.31. The first-order valence-electron chi connectivity index (χ1n) is 5.69. The number of aryl methyl sites for hydroxylation is 1. The molecule has 1 heterocycles. The van der Waals surface area contributed by atoms with Gasteiger partial charge in [0.25, 0.3) is 10.0 Å². The molecule has 7 heteroatoms. The molecule has 4 nitrogen and oxygen atoms in total. The van der Waals surface area contributed by atoms with Gasteiger partial charge in [-0.1, -0.05) is 11.6 Å². The summed E-state index contributed by atoms with van der Waals surface area (Å²) in [5.74, 6) is 0. The summed E-state index contributed by atoms with van der Waals surface area (Å²) in [7, 11) is -3.52. The van der Waals surface area contributed by atoms with Crippen molar-refractivity contribution in [3.05, 3.63) is 16.0 Å². The van der Waals surface area contributed by atoms with E-state index in [4.69, 9.17) is 16.7 Å². The predicted molar refractivity (Wildman–Crippen MR) is 74.8 cm³/mol. The van der Waals surface area contributed by atoms with E-state index in [2.05, 4.69) is 0 Å². The van der Waals surface area contributed by atoms with Crippen LogP contribution in [0.15, 0.2) is 10.3 Å². The first-order valence-corrected chi connectivity index (χ1v) is 8.32. The van der Waals surface area contributed by atoms with Crippen LogP contribution < -0.4 is 0 Å². The minimum atomic E-state index is -3.52. The number of halogens is 1. The second kappa shape index (κ2) is 6.34. The molecule has 0 saturated carbocycles. The lowest BCUT2D eigenvalue weighted by Gasteiger charge is -2.24. The Morgan fingerprint density at radius 1 is 1.50 bits per heavy atom. The summed E-state index contributed by atoms with van der Waals surface area (Å²) in [6.45, 7) is 5.70. The lowest BCUT2D eigenvalue weighted by atomic mass is 10.3. The van der Waals surface area contributed by atoms with Crippen molar-refractivity contribution in [3.8, 4) is 0 Å². The van der Waals surface area contributed by atoms with Crippen molar-refractivity contribution >= 4 is 33.0 Å². The highest BCUT2D eigenvalue weighted by molar-refractivity contribution is 7.91. The fraction of sp³-hybridized carbons (Fsp3) is 0.636. The molecule has 18 heavy (non-hydrogen) atoms. The van der Waals surface area contributed by atoms with Crippen molar-refractivity contribution in [3.63, 3.8) is 0 Å². The number of sulfonamides is 1. The van der Waals surface area contributed by atoms with E-state index in [1.807, 2.05) is 13.8 Å². The molecule has 0 bridgehead atoms. The molecule has 0 spiro atoms. The van der Waals surface area contributed by atoms with E-state index in [0.29, 0.717) is 17.3 Å². The van der Waals surface area contributed by atoms with Crippen molar-refractivity contribution in [1.29, 1.82) is 0 Å². The summed E-state index contributed by atoms with van der Waals surface area (Å²) in [6.07, 6.45) is 0.426. The SMILES string of the molecule is Cc1cc(S(=O)(=O)N(CCCO)C(C)C)sc1Cl. The minimum Gasteiger partial charge on any atom is -0.396 e. The average molecular weight is 312 g/mol. The van der Waals surface area contributed by atoms with Crippen LogP contribution in [0.25, 0.3) is 0 Å². The maximum Gasteiger partial charge on any atom is 0.252 e. The number of rotatable bonds is 6. The van der Waals surface area contributed by atoms with Crippen LogP contribution in [0.4, 0.5) is 0 Å². The highest BCUT2D eigenvalue weighted by Crippen LogP contribution is 2.32. The van der Waals surface area contributed by atoms with Crippen LogP contribution in [0.2, 0.25) is 4.34 Å². The van der Waals surface area contributed by atoms with Gasteiger partial charge in [-0.15, -0.1) is 11.3 Å². The molecule has 1 aromatic rings. The lowest BCUT2D eigenvalue weighted by molar-refractivity contribution is 0.258. The number of hydrogen-bond acceptors (Lipinski definition) is 4. The Bertz CT molecular complexity index is 477. The fourth-order valence-electron chi connectivity index (χ4n) is 1.56. The van der Waals surface area contributed by atoms with Gasteiger partial charge in [0.2, 0.25) is 0 Å². The third kappa shape index (κ3) is 3.45. The summed E-state index contributed by atoms with van der Waals surface area (Å²) in [6, 6.07) is 1.44. The third-order valence-corrected chi connectivity index (χ3v) is 6.59. The Kier molecular flexibility index (Phi) is 5.61. The average Bonchev–Trinajstić information content (AvgIpc) is 2.59. The van der Waals surface area contributed by atoms with Crippen LogP contribution in [0.3, 0.4) is 0 Å². The van der Waals surface area contributed by atoms with Gasteiger partial charge in [-0.3, -0.25) is 0 Å². The van der Waals surface area contributed by atoms with E-state index in [9.17, 15) is 8.42 Å². The molecule has 1 N–H and O–H groups in total. The maximum absolute atomic E-state index is 12.4. The molecule has 0 atom stereocenters. The first-order chi connectivity index (χ1) is 8.30. The van der Waals surface area contributed by atoms with Crippen LogP contribution in [-0.4, -0.2) is 37.0 Å². The normalized spacial score (nSPS) is 12.6. The van der Waals surface area contributed by atoms with Crippen LogP contribution >= 0.6 is 22.9 Å². The van der Waals surface area contributed by atoms with E-state index >= 15 is 0 Å². The summed E-state index contributed by atoms with van der Waals surface area (Å²) in [4.78, 5) is 0. The summed E-state index contributed by atoms with van der Waals surface area (Å²) >= 11 is 6.99. The summed E-state index contributed by atoms with van der Waals surface area (Å²) < 4.78 is 27.0. The summed E-state index contributed by atoms with van der Waals surface area (Å²) in [5.41, 5.74) is 0.770. The first kappa shape index (κ1) is 15.9. The van der Waals surface area contributed by atoms with E-state index in [0.717, 1.165) is 16.9 Å². The Morgan fingerprint density at radius 2 is 2.11 bits per heavy atom. The van der Waals surface area contributed by atoms with Gasteiger partial charge in [0, 0.05) is 19.2 Å². The Hall–Kier alpha value is -0.140. The van der Waals surface area contributed by atoms with E-state index in [-0.39, 0.29) is 16.9 Å². The molecule has 1 rings (SSSR count). The van der Waals surface area contributed by atoms with E-state index in [1.165, 1.54) is 4.31 Å². The Morgan fingerprint density at radius 3 is 2.50 bits per heavy atom. The van der Waals surface area contributed by atoms with Gasteiger partial charge in [0.15, 0.2) is 0 Å². The smallest absolute Gasteiger partial charge is 0.252 e. The van der Waals surface area contributed by atoms with E-state index in [1.54, 1.807) is 13.0 Å². The van der Waals surface area contributed by atoms with E-state index < -0.39 is 10.0 Å². The minimum absolute atomic E-state index is 0.0248. The number of hydrogen-bond donors (Lipinski definition) is 1. The number of aliphatic hydroxyl groups excluding tert-OH is 1. The van der Waals surface area contributed by atoms with Crippen LogP contribution in [0.5, 0.6) is 0 Å². The molecule has 0 fully saturated rings. The maximum atomic E-state index is 12.4. The molecule has 0 amide bonds. The monoisotopic (exact) mass is 311 g/mol. The predicted octanol–water partition coefficient (Wildman–Crippen LogP) is 2.49. The van der Waals surface area contributed by atoms with Crippen LogP contribution in [0, 0.1) is 6.92 Å². The molecule has 1 aromatic heterocycles. The zero-order chi connectivity index (χ0) is 13.9. The second-order valence-corrected chi connectivity index (χ2v) is 8.08. The molecule has 0 unspecified atom stereocenters. The number of nitrogens with zero attached hydrogens (tertiary/aromatic N) is 1. The molecular formula is C11H18ClNO3S2. The van der Waals surface area contributed by atoms with Crippen LogP contribution in [-0.2, 0) is 10.0 Å². The van der Waals surface area contributed by atoms with Crippen LogP contribution in [0.1, 0.15) is 25.8 Å². The van der Waals surface area contributed by atoms with Gasteiger partial charge < -0.3 is 5.11 Å². The molecule has 0 aliphatic heterocycles. The quantitative estimate of drug-likeness (QED) is 0.878. The van der Waals surface area contributed by atoms with Crippen molar-refractivity contribution in [1.82, 2.24) is 4.31 Å². The molecule has 0 saturated heterocycles. The standard InChI is InChI=1S/C11H18ClNO3S2/c1-8(2)13(5-4-6-14)18(15,16)10-7-9(3)11(12)17-10/h7-8,14H,4-6H2,1-3H3. The molecule has 0 aromatic carbocycles. The van der Waals surface area contributed by atoms with Gasteiger partial charge in [-0.2, -0.15) is 4.31 Å². The summed E-state index contributed by atoms with van der Waals surface area (Å²) in [5, 5.41) is 8.84. The molecule has 0 aliphatic rings. The van der Waals surface area contributed by atoms with Gasteiger partial charge in [-0.25, -0.2) is 8.42 Å². The van der Waals surface area contributed by atoms with Crippen molar-refractivity contribution in [2.24, 2.45) is 0 Å². The molecule has 104 valence electrons. The topological polar surface area (TPSA) is 57.6 Å². The van der Waals surface area contributed by atoms with Gasteiger partial charge in [0.1, 0.15) is 4.21 Å². The van der Waals surface area contributed by atoms with Crippen molar-refractivity contribution < 1.29 is 13.5 Å². The zero-order valence-corrected chi connectivity index (χ0v) is 13.1. The largest absolute Gasteiger partial charge is 0.396 e. The molecule has 0 radical (unpaired) electrons. The Balaban J connectivity index is 3.08. The zero-order valence-electron chi connectivity index (χ0n) is 10.7. The highest BCUT2D eigenvalue weighted by atomic mass is 35.5. The number of thiophene rings is 1. The van der Waals surface area contributed by atoms with Crippen molar-refractivity contribution in [2.45, 2.75) is 37.4 Å². The fourth-order valence-corrected chi connectivity index (χ4v) is 5.07. The number of aliphatic hydroxyl groups is 1.